The van der Waals surface area contributed by atoms with Crippen LogP contribution in [-0.2, 0) is 0 Å². The SMILES string of the molecule is Cc1cnc2nc(-c3cc(N)ccc3Br)[nH]c2c1. The van der Waals surface area contributed by atoms with Crippen molar-refractivity contribution >= 4 is 32.8 Å². The molecular weight excluding hydrogens is 292 g/mol. The van der Waals surface area contributed by atoms with Gasteiger partial charge in [-0.25, -0.2) is 9.97 Å². The van der Waals surface area contributed by atoms with Gasteiger partial charge in [-0.15, -0.1) is 0 Å². The van der Waals surface area contributed by atoms with Gasteiger partial charge in [0.1, 0.15) is 5.82 Å². The van der Waals surface area contributed by atoms with Crippen LogP contribution in [-0.4, -0.2) is 15.0 Å². The van der Waals surface area contributed by atoms with Crippen LogP contribution in [0.4, 0.5) is 5.69 Å². The van der Waals surface area contributed by atoms with E-state index in [4.69, 9.17) is 5.73 Å². The van der Waals surface area contributed by atoms with Crippen molar-refractivity contribution in [2.24, 2.45) is 0 Å². The number of H-pyrrole nitrogens is 1. The van der Waals surface area contributed by atoms with Crippen LogP contribution < -0.4 is 5.73 Å². The minimum Gasteiger partial charge on any atom is -0.399 e. The van der Waals surface area contributed by atoms with Crippen LogP contribution in [0.5, 0.6) is 0 Å². The molecule has 0 fully saturated rings. The molecule has 4 nitrogen and oxygen atoms in total. The zero-order valence-electron chi connectivity index (χ0n) is 9.74. The van der Waals surface area contributed by atoms with E-state index in [0.29, 0.717) is 11.3 Å². The van der Waals surface area contributed by atoms with Crippen molar-refractivity contribution in [1.29, 1.82) is 0 Å². The van der Waals surface area contributed by atoms with Crippen LogP contribution in [0, 0.1) is 6.92 Å². The highest BCUT2D eigenvalue weighted by Gasteiger charge is 2.09. The summed E-state index contributed by atoms with van der Waals surface area (Å²) in [6.45, 7) is 2.00. The summed E-state index contributed by atoms with van der Waals surface area (Å²) in [4.78, 5) is 12.0. The average Bonchev–Trinajstić information content (AvgIpc) is 2.74. The van der Waals surface area contributed by atoms with E-state index in [1.807, 2.05) is 31.2 Å². The smallest absolute Gasteiger partial charge is 0.178 e. The van der Waals surface area contributed by atoms with E-state index in [1.165, 1.54) is 0 Å². The molecule has 0 spiro atoms. The molecule has 0 radical (unpaired) electrons. The molecule has 0 saturated carbocycles. The summed E-state index contributed by atoms with van der Waals surface area (Å²) in [6.07, 6.45) is 1.81. The Bertz CT molecular complexity index is 733. The van der Waals surface area contributed by atoms with Crippen molar-refractivity contribution in [2.75, 3.05) is 5.73 Å². The van der Waals surface area contributed by atoms with Crippen molar-refractivity contribution in [3.8, 4) is 11.4 Å². The minimum absolute atomic E-state index is 0.706. The summed E-state index contributed by atoms with van der Waals surface area (Å²) >= 11 is 3.50. The summed E-state index contributed by atoms with van der Waals surface area (Å²) in [6, 6.07) is 7.67. The maximum absolute atomic E-state index is 5.81. The Morgan fingerprint density at radius 2 is 2.11 bits per heavy atom. The Balaban J connectivity index is 2.22. The Labute approximate surface area is 112 Å². The van der Waals surface area contributed by atoms with Gasteiger partial charge in [-0.3, -0.25) is 0 Å². The van der Waals surface area contributed by atoms with Gasteiger partial charge >= 0.3 is 0 Å². The number of hydrogen-bond acceptors (Lipinski definition) is 3. The van der Waals surface area contributed by atoms with Crippen LogP contribution in [0.3, 0.4) is 0 Å². The highest BCUT2D eigenvalue weighted by Crippen LogP contribution is 2.29. The van der Waals surface area contributed by atoms with Crippen LogP contribution in [0.1, 0.15) is 5.56 Å². The molecule has 0 aliphatic heterocycles. The molecule has 5 heteroatoms. The number of nitrogen functional groups attached to an aromatic ring is 1. The van der Waals surface area contributed by atoms with Crippen molar-refractivity contribution in [3.63, 3.8) is 0 Å². The molecule has 0 bridgehead atoms. The quantitative estimate of drug-likeness (QED) is 0.678. The molecule has 0 unspecified atom stereocenters. The minimum atomic E-state index is 0.706. The number of anilines is 1. The highest BCUT2D eigenvalue weighted by atomic mass is 79.9. The highest BCUT2D eigenvalue weighted by molar-refractivity contribution is 9.10. The number of nitrogens with two attached hydrogens (primary N) is 1. The number of fused-ring (bicyclic) bond motifs is 1. The monoisotopic (exact) mass is 302 g/mol. The van der Waals surface area contributed by atoms with Gasteiger partial charge in [0.25, 0.3) is 0 Å². The second-order valence-electron chi connectivity index (χ2n) is 4.21. The summed E-state index contributed by atoms with van der Waals surface area (Å²) in [7, 11) is 0. The Hall–Kier alpha value is -1.88. The first-order valence-electron chi connectivity index (χ1n) is 5.51. The number of hydrogen-bond donors (Lipinski definition) is 2. The maximum Gasteiger partial charge on any atom is 0.178 e. The number of imidazole rings is 1. The molecule has 3 rings (SSSR count). The molecule has 1 aromatic carbocycles. The van der Waals surface area contributed by atoms with E-state index in [1.54, 1.807) is 6.20 Å². The molecule has 90 valence electrons. The van der Waals surface area contributed by atoms with E-state index in [-0.39, 0.29) is 0 Å². The molecule has 0 saturated heterocycles. The predicted octanol–water partition coefficient (Wildman–Crippen LogP) is 3.28. The molecular formula is C13H11BrN4. The van der Waals surface area contributed by atoms with Gasteiger partial charge in [0, 0.05) is 21.9 Å². The number of pyridine rings is 1. The van der Waals surface area contributed by atoms with Crippen molar-refractivity contribution < 1.29 is 0 Å². The van der Waals surface area contributed by atoms with Gasteiger partial charge in [-0.05, 0) is 36.8 Å². The van der Waals surface area contributed by atoms with E-state index >= 15 is 0 Å². The fraction of sp³-hybridized carbons (Fsp3) is 0.0769. The molecule has 0 aliphatic rings. The lowest BCUT2D eigenvalue weighted by Gasteiger charge is -2.01. The fourth-order valence-corrected chi connectivity index (χ4v) is 2.29. The summed E-state index contributed by atoms with van der Waals surface area (Å²) in [5.41, 5.74) is 10.2. The molecule has 2 heterocycles. The van der Waals surface area contributed by atoms with Crippen molar-refractivity contribution in [1.82, 2.24) is 15.0 Å². The fourth-order valence-electron chi connectivity index (χ4n) is 1.86. The number of benzene rings is 1. The van der Waals surface area contributed by atoms with Crippen molar-refractivity contribution in [2.45, 2.75) is 6.92 Å². The lowest BCUT2D eigenvalue weighted by Crippen LogP contribution is -1.88. The molecule has 0 atom stereocenters. The van der Waals surface area contributed by atoms with Crippen molar-refractivity contribution in [3.05, 3.63) is 40.5 Å². The third-order valence-electron chi connectivity index (χ3n) is 2.72. The van der Waals surface area contributed by atoms with Gasteiger partial charge in [0.15, 0.2) is 5.65 Å². The number of nitrogens with zero attached hydrogens (tertiary/aromatic N) is 2. The molecule has 0 amide bonds. The molecule has 3 aromatic rings. The van der Waals surface area contributed by atoms with Gasteiger partial charge in [0.05, 0.1) is 5.52 Å². The zero-order chi connectivity index (χ0) is 12.7. The van der Waals surface area contributed by atoms with Crippen LogP contribution in [0.25, 0.3) is 22.6 Å². The van der Waals surface area contributed by atoms with E-state index in [2.05, 4.69) is 30.9 Å². The van der Waals surface area contributed by atoms with Gasteiger partial charge in [-0.2, -0.15) is 0 Å². The third kappa shape index (κ3) is 1.86. The first-order valence-corrected chi connectivity index (χ1v) is 6.30. The standard InChI is InChI=1S/C13H11BrN4/c1-7-4-11-13(16-6-7)18-12(17-11)9-5-8(15)2-3-10(9)14/h2-6H,15H2,1H3,(H,16,17,18). The Morgan fingerprint density at radius 1 is 1.28 bits per heavy atom. The van der Waals surface area contributed by atoms with Crippen LogP contribution >= 0.6 is 15.9 Å². The number of nitrogens with one attached hydrogen (secondary N) is 1. The number of aromatic nitrogens is 3. The number of halogens is 1. The zero-order valence-corrected chi connectivity index (χ0v) is 11.3. The lowest BCUT2D eigenvalue weighted by molar-refractivity contribution is 1.28. The average molecular weight is 303 g/mol. The summed E-state index contributed by atoms with van der Waals surface area (Å²) < 4.78 is 0.951. The topological polar surface area (TPSA) is 67.6 Å². The first-order chi connectivity index (χ1) is 8.63. The number of aryl methyl sites for hydroxylation is 1. The third-order valence-corrected chi connectivity index (χ3v) is 3.41. The normalized spacial score (nSPS) is 11.0. The Morgan fingerprint density at radius 3 is 2.94 bits per heavy atom. The molecule has 18 heavy (non-hydrogen) atoms. The van der Waals surface area contributed by atoms with E-state index in [9.17, 15) is 0 Å². The molecule has 0 aliphatic carbocycles. The van der Waals surface area contributed by atoms with E-state index < -0.39 is 0 Å². The van der Waals surface area contributed by atoms with Crippen LogP contribution in [0.15, 0.2) is 34.9 Å². The summed E-state index contributed by atoms with van der Waals surface area (Å²) in [5, 5.41) is 0. The molecule has 2 aromatic heterocycles. The second-order valence-corrected chi connectivity index (χ2v) is 5.06. The predicted molar refractivity (Wildman–Crippen MR) is 76.2 cm³/mol. The summed E-state index contributed by atoms with van der Waals surface area (Å²) in [5.74, 6) is 0.766. The lowest BCUT2D eigenvalue weighted by atomic mass is 10.2. The number of rotatable bonds is 1. The maximum atomic E-state index is 5.81. The number of aromatic amines is 1. The van der Waals surface area contributed by atoms with Gasteiger partial charge < -0.3 is 10.7 Å². The largest absolute Gasteiger partial charge is 0.399 e. The Kier molecular flexibility index (Phi) is 2.56. The second kappa shape index (κ2) is 4.10. The van der Waals surface area contributed by atoms with Gasteiger partial charge in [0.2, 0.25) is 0 Å². The van der Waals surface area contributed by atoms with Crippen LogP contribution in [0.2, 0.25) is 0 Å². The first kappa shape index (κ1) is 11.2. The van der Waals surface area contributed by atoms with E-state index in [0.717, 1.165) is 26.9 Å². The van der Waals surface area contributed by atoms with Gasteiger partial charge in [-0.1, -0.05) is 15.9 Å². The molecule has 3 N–H and O–H groups in total.